The van der Waals surface area contributed by atoms with E-state index >= 15 is 0 Å². The van der Waals surface area contributed by atoms with Gasteiger partial charge in [-0.2, -0.15) is 4.52 Å². The van der Waals surface area contributed by atoms with Gasteiger partial charge in [-0.25, -0.2) is 14.4 Å². The van der Waals surface area contributed by atoms with Gasteiger partial charge in [0.05, 0.1) is 18.6 Å². The minimum atomic E-state index is -0.177. The van der Waals surface area contributed by atoms with Crippen LogP contribution in [0, 0.1) is 5.82 Å². The maximum atomic E-state index is 14.2. The summed E-state index contributed by atoms with van der Waals surface area (Å²) in [5, 5.41) is 4.70. The maximum Gasteiger partial charge on any atom is 0.228 e. The van der Waals surface area contributed by atoms with Gasteiger partial charge in [0.2, 0.25) is 11.8 Å². The van der Waals surface area contributed by atoms with E-state index in [0.29, 0.717) is 42.9 Å². The first-order valence-electron chi connectivity index (χ1n) is 11.3. The van der Waals surface area contributed by atoms with E-state index in [4.69, 9.17) is 24.2 Å². The van der Waals surface area contributed by atoms with Gasteiger partial charge in [0, 0.05) is 65.2 Å². The number of likely N-dealkylation sites (N-methyl/N-ethyl adjacent to an activating group) is 1. The molecule has 178 valence electrons. The second-order valence-electron chi connectivity index (χ2n) is 8.36. The summed E-state index contributed by atoms with van der Waals surface area (Å²) in [7, 11) is 3.63. The summed E-state index contributed by atoms with van der Waals surface area (Å²) < 4.78 is 26.7. The summed E-state index contributed by atoms with van der Waals surface area (Å²) in [5.41, 5.74) is 2.39. The second kappa shape index (κ2) is 9.78. The molecule has 1 aliphatic rings. The van der Waals surface area contributed by atoms with Gasteiger partial charge in [-0.1, -0.05) is 12.1 Å². The molecule has 5 rings (SSSR count). The number of piperazine rings is 1. The highest BCUT2D eigenvalue weighted by atomic mass is 19.1. The highest BCUT2D eigenvalue weighted by Crippen LogP contribution is 2.24. The molecule has 1 saturated heterocycles. The van der Waals surface area contributed by atoms with E-state index in [1.165, 1.54) is 6.07 Å². The smallest absolute Gasteiger partial charge is 0.228 e. The number of anilines is 2. The molecule has 34 heavy (non-hydrogen) atoms. The lowest BCUT2D eigenvalue weighted by Crippen LogP contribution is -2.46. The largest absolute Gasteiger partial charge is 0.461 e. The van der Waals surface area contributed by atoms with Crippen molar-refractivity contribution in [3.05, 3.63) is 60.2 Å². The molecule has 10 heteroatoms. The topological polar surface area (TPSA) is 75.2 Å². The SMILES string of the molecule is COCCN(C)c1ncc(CN2CCN(c3ccccc3F)CC2)c2nc(-c3ccco3)nn12. The Kier molecular flexibility index (Phi) is 6.41. The molecule has 3 aromatic heterocycles. The summed E-state index contributed by atoms with van der Waals surface area (Å²) in [5.74, 6) is 1.64. The number of aromatic nitrogens is 4. The van der Waals surface area contributed by atoms with Crippen molar-refractivity contribution in [1.29, 1.82) is 0 Å². The van der Waals surface area contributed by atoms with E-state index in [-0.39, 0.29) is 5.82 Å². The Morgan fingerprint density at radius 3 is 2.68 bits per heavy atom. The van der Waals surface area contributed by atoms with Crippen LogP contribution in [0.3, 0.4) is 0 Å². The fraction of sp³-hybridized carbons (Fsp3) is 0.375. The zero-order chi connectivity index (χ0) is 23.5. The Bertz CT molecular complexity index is 1240. The van der Waals surface area contributed by atoms with Gasteiger partial charge in [-0.05, 0) is 24.3 Å². The Hall–Kier alpha value is -3.50. The first-order valence-corrected chi connectivity index (χ1v) is 11.3. The molecular formula is C24H28FN7O2. The molecule has 0 unspecified atom stereocenters. The van der Waals surface area contributed by atoms with Crippen molar-refractivity contribution in [3.8, 4) is 11.6 Å². The van der Waals surface area contributed by atoms with Crippen LogP contribution in [0.5, 0.6) is 0 Å². The third kappa shape index (κ3) is 4.46. The Morgan fingerprint density at radius 1 is 1.12 bits per heavy atom. The number of ether oxygens (including phenoxy) is 1. The van der Waals surface area contributed by atoms with Gasteiger partial charge in [0.15, 0.2) is 11.4 Å². The Labute approximate surface area is 197 Å². The quantitative estimate of drug-likeness (QED) is 0.393. The number of halogens is 1. The molecule has 1 fully saturated rings. The van der Waals surface area contributed by atoms with Crippen molar-refractivity contribution in [2.24, 2.45) is 0 Å². The summed E-state index contributed by atoms with van der Waals surface area (Å²) in [4.78, 5) is 15.9. The predicted molar refractivity (Wildman–Crippen MR) is 128 cm³/mol. The molecule has 1 aliphatic heterocycles. The van der Waals surface area contributed by atoms with Crippen LogP contribution >= 0.6 is 0 Å². The fourth-order valence-electron chi connectivity index (χ4n) is 4.21. The molecule has 0 saturated carbocycles. The average molecular weight is 466 g/mol. The van der Waals surface area contributed by atoms with Crippen molar-refractivity contribution in [3.63, 3.8) is 0 Å². The number of hydrogen-bond acceptors (Lipinski definition) is 8. The highest BCUT2D eigenvalue weighted by molar-refractivity contribution is 5.58. The second-order valence-corrected chi connectivity index (χ2v) is 8.36. The summed E-state index contributed by atoms with van der Waals surface area (Å²) >= 11 is 0. The molecule has 0 atom stereocenters. The standard InChI is InChI=1S/C24H28FN7O2/c1-29(13-15-33-2)24-26-16-18(23-27-22(28-32(23)24)21-8-5-14-34-21)17-30-9-11-31(12-10-30)20-7-4-3-6-19(20)25/h3-8,14,16H,9-13,15,17H2,1-2H3. The molecule has 4 heterocycles. The number of para-hydroxylation sites is 1. The molecule has 9 nitrogen and oxygen atoms in total. The van der Waals surface area contributed by atoms with Crippen molar-refractivity contribution in [2.45, 2.75) is 6.54 Å². The van der Waals surface area contributed by atoms with Crippen molar-refractivity contribution in [2.75, 3.05) is 63.3 Å². The minimum absolute atomic E-state index is 0.177. The zero-order valence-corrected chi connectivity index (χ0v) is 19.4. The van der Waals surface area contributed by atoms with Crippen LogP contribution in [-0.2, 0) is 11.3 Å². The van der Waals surface area contributed by atoms with Gasteiger partial charge < -0.3 is 19.0 Å². The number of rotatable bonds is 8. The molecule has 0 aliphatic carbocycles. The van der Waals surface area contributed by atoms with E-state index < -0.39 is 0 Å². The van der Waals surface area contributed by atoms with Gasteiger partial charge >= 0.3 is 0 Å². The lowest BCUT2D eigenvalue weighted by atomic mass is 10.2. The molecule has 0 bridgehead atoms. The molecule has 0 amide bonds. The number of benzene rings is 1. The van der Waals surface area contributed by atoms with Gasteiger partial charge in [-0.15, -0.1) is 5.10 Å². The molecule has 0 N–H and O–H groups in total. The van der Waals surface area contributed by atoms with Gasteiger partial charge in [0.1, 0.15) is 5.82 Å². The van der Waals surface area contributed by atoms with Crippen LogP contribution in [0.25, 0.3) is 17.2 Å². The first-order chi connectivity index (χ1) is 16.6. The molecule has 4 aromatic rings. The lowest BCUT2D eigenvalue weighted by molar-refractivity contribution is 0.206. The van der Waals surface area contributed by atoms with E-state index in [2.05, 4.69) is 9.80 Å². The highest BCUT2D eigenvalue weighted by Gasteiger charge is 2.23. The van der Waals surface area contributed by atoms with E-state index in [1.807, 2.05) is 42.4 Å². The third-order valence-corrected chi connectivity index (χ3v) is 6.09. The summed E-state index contributed by atoms with van der Waals surface area (Å²) in [6, 6.07) is 10.6. The minimum Gasteiger partial charge on any atom is -0.461 e. The van der Waals surface area contributed by atoms with Crippen LogP contribution in [0.15, 0.2) is 53.3 Å². The number of hydrogen-bond donors (Lipinski definition) is 0. The normalized spacial score (nSPS) is 14.7. The average Bonchev–Trinajstić information content (AvgIpc) is 3.54. The van der Waals surface area contributed by atoms with Crippen LogP contribution in [0.4, 0.5) is 16.0 Å². The van der Waals surface area contributed by atoms with Crippen LogP contribution in [0.2, 0.25) is 0 Å². The first kappa shape index (κ1) is 22.3. The Balaban J connectivity index is 1.38. The Morgan fingerprint density at radius 2 is 1.94 bits per heavy atom. The number of methoxy groups -OCH3 is 1. The van der Waals surface area contributed by atoms with Crippen LogP contribution in [-0.4, -0.2) is 78.0 Å². The van der Waals surface area contributed by atoms with Gasteiger partial charge in [-0.3, -0.25) is 4.90 Å². The van der Waals surface area contributed by atoms with Crippen molar-refractivity contribution >= 4 is 17.3 Å². The van der Waals surface area contributed by atoms with E-state index in [1.54, 1.807) is 24.0 Å². The van der Waals surface area contributed by atoms with Gasteiger partial charge in [0.25, 0.3) is 0 Å². The third-order valence-electron chi connectivity index (χ3n) is 6.09. The predicted octanol–water partition coefficient (Wildman–Crippen LogP) is 2.93. The maximum absolute atomic E-state index is 14.2. The molecule has 0 spiro atoms. The van der Waals surface area contributed by atoms with Crippen LogP contribution in [0.1, 0.15) is 5.56 Å². The summed E-state index contributed by atoms with van der Waals surface area (Å²) in [6.07, 6.45) is 3.48. The lowest BCUT2D eigenvalue weighted by Gasteiger charge is -2.36. The zero-order valence-electron chi connectivity index (χ0n) is 19.4. The van der Waals surface area contributed by atoms with E-state index in [9.17, 15) is 4.39 Å². The number of nitrogens with zero attached hydrogens (tertiary/aromatic N) is 7. The molecule has 0 radical (unpaired) electrons. The van der Waals surface area contributed by atoms with Crippen molar-refractivity contribution < 1.29 is 13.5 Å². The van der Waals surface area contributed by atoms with E-state index in [0.717, 1.165) is 37.4 Å². The fourth-order valence-corrected chi connectivity index (χ4v) is 4.21. The van der Waals surface area contributed by atoms with Crippen LogP contribution < -0.4 is 9.80 Å². The number of fused-ring (bicyclic) bond motifs is 1. The monoisotopic (exact) mass is 465 g/mol. The number of furan rings is 1. The summed E-state index contributed by atoms with van der Waals surface area (Å²) in [6.45, 7) is 5.07. The van der Waals surface area contributed by atoms with Crippen molar-refractivity contribution in [1.82, 2.24) is 24.5 Å². The molecule has 1 aromatic carbocycles. The molecular weight excluding hydrogens is 437 g/mol.